The lowest BCUT2D eigenvalue weighted by atomic mass is 9.83. The first-order valence-electron chi connectivity index (χ1n) is 8.94. The third-order valence-electron chi connectivity index (χ3n) is 4.98. The molecule has 0 saturated heterocycles. The number of aliphatic hydroxyl groups is 1. The van der Waals surface area contributed by atoms with Crippen molar-refractivity contribution in [3.63, 3.8) is 0 Å². The van der Waals surface area contributed by atoms with Crippen LogP contribution < -0.4 is 0 Å². The second-order valence-corrected chi connectivity index (χ2v) is 6.70. The monoisotopic (exact) mass is 361 g/mol. The number of aliphatic hydroxyl groups excluding tert-OH is 1. The lowest BCUT2D eigenvalue weighted by Crippen LogP contribution is -2.21. The maximum Gasteiger partial charge on any atom is 0.194 e. The van der Waals surface area contributed by atoms with Gasteiger partial charge in [0.15, 0.2) is 11.6 Å². The van der Waals surface area contributed by atoms with Crippen molar-refractivity contribution in [3.05, 3.63) is 82.2 Å². The molecule has 2 aromatic carbocycles. The van der Waals surface area contributed by atoms with Crippen LogP contribution in [0.5, 0.6) is 0 Å². The summed E-state index contributed by atoms with van der Waals surface area (Å²) in [5.41, 5.74) is 3.48. The Kier molecular flexibility index (Phi) is 4.41. The number of hydrogen-bond acceptors (Lipinski definition) is 5. The molecule has 0 aliphatic heterocycles. The fourth-order valence-electron chi connectivity index (χ4n) is 3.41. The molecule has 6 heteroatoms. The highest BCUT2D eigenvalue weighted by molar-refractivity contribution is 6.28. The summed E-state index contributed by atoms with van der Waals surface area (Å²) in [6.45, 7) is 2.08. The number of carbonyl (C=O) groups is 2. The molecule has 1 aliphatic carbocycles. The fraction of sp³-hybridized carbons (Fsp3) is 0.238. The Morgan fingerprint density at radius 3 is 2.37 bits per heavy atom. The molecule has 0 fully saturated rings. The first-order valence-corrected chi connectivity index (χ1v) is 8.94. The van der Waals surface area contributed by atoms with Gasteiger partial charge in [0.1, 0.15) is 0 Å². The number of rotatable bonds is 5. The van der Waals surface area contributed by atoms with E-state index in [9.17, 15) is 9.59 Å². The molecule has 1 aliphatic rings. The minimum Gasteiger partial charge on any atom is -0.396 e. The van der Waals surface area contributed by atoms with Gasteiger partial charge in [-0.2, -0.15) is 0 Å². The molecule has 1 unspecified atom stereocenters. The third-order valence-corrected chi connectivity index (χ3v) is 4.98. The van der Waals surface area contributed by atoms with Crippen LogP contribution in [0.3, 0.4) is 0 Å². The quantitative estimate of drug-likeness (QED) is 0.591. The fourth-order valence-corrected chi connectivity index (χ4v) is 3.41. The number of carbonyl (C=O) groups excluding carboxylic acids is 2. The van der Waals surface area contributed by atoms with Crippen LogP contribution in [0, 0.1) is 0 Å². The molecule has 27 heavy (non-hydrogen) atoms. The molecule has 0 radical (unpaired) electrons. The second kappa shape index (κ2) is 6.89. The minimum atomic E-state index is -0.134. The van der Waals surface area contributed by atoms with Gasteiger partial charge in [-0.1, -0.05) is 35.5 Å². The van der Waals surface area contributed by atoms with E-state index in [4.69, 9.17) is 5.11 Å². The predicted molar refractivity (Wildman–Crippen MR) is 99.0 cm³/mol. The van der Waals surface area contributed by atoms with Crippen LogP contribution in [0.15, 0.2) is 48.7 Å². The van der Waals surface area contributed by atoms with E-state index >= 15 is 0 Å². The topological polar surface area (TPSA) is 85.1 Å². The number of aromatic nitrogens is 3. The van der Waals surface area contributed by atoms with Gasteiger partial charge < -0.3 is 5.11 Å². The maximum atomic E-state index is 12.9. The van der Waals surface area contributed by atoms with E-state index in [1.165, 1.54) is 0 Å². The Balaban J connectivity index is 1.68. The van der Waals surface area contributed by atoms with E-state index in [2.05, 4.69) is 10.3 Å². The lowest BCUT2D eigenvalue weighted by Gasteiger charge is -2.19. The van der Waals surface area contributed by atoms with Crippen LogP contribution in [0.25, 0.3) is 0 Å². The first-order chi connectivity index (χ1) is 13.1. The molecule has 4 rings (SSSR count). The van der Waals surface area contributed by atoms with Gasteiger partial charge in [-0.3, -0.25) is 9.59 Å². The van der Waals surface area contributed by atoms with Gasteiger partial charge in [-0.05, 0) is 37.5 Å². The van der Waals surface area contributed by atoms with E-state index in [1.54, 1.807) is 41.1 Å². The summed E-state index contributed by atoms with van der Waals surface area (Å²) in [6, 6.07) is 12.2. The molecule has 0 bridgehead atoms. The smallest absolute Gasteiger partial charge is 0.194 e. The summed E-state index contributed by atoms with van der Waals surface area (Å²) in [5, 5.41) is 17.2. The molecular weight excluding hydrogens is 342 g/mol. The van der Waals surface area contributed by atoms with Gasteiger partial charge in [0.05, 0.1) is 11.7 Å². The summed E-state index contributed by atoms with van der Waals surface area (Å²) in [7, 11) is 0. The normalized spacial score (nSPS) is 14.0. The SMILES string of the molecule is CC(c1ccc2c(c1)C(=O)c1ccccc1C2=O)n1cc(CCCO)nn1. The van der Waals surface area contributed by atoms with Gasteiger partial charge in [-0.25, -0.2) is 4.68 Å². The zero-order valence-electron chi connectivity index (χ0n) is 14.9. The molecule has 6 nitrogen and oxygen atoms in total. The highest BCUT2D eigenvalue weighted by atomic mass is 16.3. The van der Waals surface area contributed by atoms with Crippen molar-refractivity contribution < 1.29 is 14.7 Å². The van der Waals surface area contributed by atoms with Crippen molar-refractivity contribution in [3.8, 4) is 0 Å². The summed E-state index contributed by atoms with van der Waals surface area (Å²) < 4.78 is 1.73. The van der Waals surface area contributed by atoms with Gasteiger partial charge >= 0.3 is 0 Å². The van der Waals surface area contributed by atoms with Crippen LogP contribution in [0.2, 0.25) is 0 Å². The van der Waals surface area contributed by atoms with Gasteiger partial charge in [-0.15, -0.1) is 5.10 Å². The van der Waals surface area contributed by atoms with Crippen LogP contribution in [-0.2, 0) is 6.42 Å². The standard InChI is InChI=1S/C21H19N3O3/c1-13(24-12-15(22-23-24)5-4-10-25)14-8-9-18-19(11-14)21(27)17-7-3-2-6-16(17)20(18)26/h2-3,6-9,11-13,25H,4-5,10H2,1H3. The second-order valence-electron chi connectivity index (χ2n) is 6.70. The first kappa shape index (κ1) is 17.3. The molecule has 1 N–H and O–H groups in total. The molecular formula is C21H19N3O3. The number of hydrogen-bond donors (Lipinski definition) is 1. The van der Waals surface area contributed by atoms with Crippen LogP contribution in [0.1, 0.15) is 62.5 Å². The summed E-state index contributed by atoms with van der Waals surface area (Å²) in [5.74, 6) is -0.247. The van der Waals surface area contributed by atoms with Crippen molar-refractivity contribution >= 4 is 11.6 Å². The number of aryl methyl sites for hydroxylation is 1. The van der Waals surface area contributed by atoms with E-state index in [1.807, 2.05) is 19.2 Å². The lowest BCUT2D eigenvalue weighted by molar-refractivity contribution is 0.0979. The Bertz CT molecular complexity index is 1040. The largest absolute Gasteiger partial charge is 0.396 e. The van der Waals surface area contributed by atoms with Crippen molar-refractivity contribution in [2.24, 2.45) is 0 Å². The molecule has 1 heterocycles. The van der Waals surface area contributed by atoms with Crippen molar-refractivity contribution in [2.75, 3.05) is 6.61 Å². The van der Waals surface area contributed by atoms with Crippen LogP contribution in [0.4, 0.5) is 0 Å². The highest BCUT2D eigenvalue weighted by Crippen LogP contribution is 2.30. The molecule has 3 aromatic rings. The third kappa shape index (κ3) is 2.98. The molecule has 136 valence electrons. The van der Waals surface area contributed by atoms with E-state index in [0.717, 1.165) is 11.3 Å². The summed E-state index contributed by atoms with van der Waals surface area (Å²) >= 11 is 0. The zero-order valence-corrected chi connectivity index (χ0v) is 14.9. The van der Waals surface area contributed by atoms with E-state index in [-0.39, 0.29) is 24.2 Å². The number of ketones is 2. The average molecular weight is 361 g/mol. The number of fused-ring (bicyclic) bond motifs is 2. The van der Waals surface area contributed by atoms with Crippen molar-refractivity contribution in [2.45, 2.75) is 25.8 Å². The van der Waals surface area contributed by atoms with Gasteiger partial charge in [0, 0.05) is 35.1 Å². The van der Waals surface area contributed by atoms with E-state index < -0.39 is 0 Å². The van der Waals surface area contributed by atoms with Crippen LogP contribution in [-0.4, -0.2) is 38.3 Å². The molecule has 0 spiro atoms. The van der Waals surface area contributed by atoms with Gasteiger partial charge in [0.25, 0.3) is 0 Å². The molecule has 0 amide bonds. The Labute approximate surface area is 156 Å². The minimum absolute atomic E-state index is 0.116. The predicted octanol–water partition coefficient (Wildman–Crippen LogP) is 2.59. The summed E-state index contributed by atoms with van der Waals surface area (Å²) in [6.07, 6.45) is 3.15. The Hall–Kier alpha value is -3.12. The molecule has 1 aromatic heterocycles. The molecule has 1 atom stereocenters. The molecule has 0 saturated carbocycles. The highest BCUT2D eigenvalue weighted by Gasteiger charge is 2.29. The Morgan fingerprint density at radius 2 is 1.67 bits per heavy atom. The maximum absolute atomic E-state index is 12.9. The van der Waals surface area contributed by atoms with Gasteiger partial charge in [0.2, 0.25) is 0 Å². The number of nitrogens with zero attached hydrogens (tertiary/aromatic N) is 3. The van der Waals surface area contributed by atoms with E-state index in [0.29, 0.717) is 35.1 Å². The van der Waals surface area contributed by atoms with Crippen LogP contribution >= 0.6 is 0 Å². The van der Waals surface area contributed by atoms with Crippen molar-refractivity contribution in [1.82, 2.24) is 15.0 Å². The zero-order chi connectivity index (χ0) is 19.0. The average Bonchev–Trinajstić information content (AvgIpc) is 3.18. The Morgan fingerprint density at radius 1 is 1.00 bits per heavy atom. The van der Waals surface area contributed by atoms with Crippen molar-refractivity contribution in [1.29, 1.82) is 0 Å². The number of benzene rings is 2. The summed E-state index contributed by atoms with van der Waals surface area (Å²) in [4.78, 5) is 25.6.